The first-order chi connectivity index (χ1) is 12.7. The molecule has 0 bridgehead atoms. The van der Waals surface area contributed by atoms with Gasteiger partial charge in [-0.2, -0.15) is 0 Å². The van der Waals surface area contributed by atoms with Crippen LogP contribution in [0.4, 0.5) is 0 Å². The topological polar surface area (TPSA) is 57.1 Å². The molecule has 146 valence electrons. The Labute approximate surface area is 178 Å². The first-order valence-electron chi connectivity index (χ1n) is 9.13. The standard InChI is InChI=1S/C21H27N3O2.HI/c1-3-22-21(24-12-11-16-7-4-5-8-18(16)15-24)23-14-20(25)17-9-6-10-19(13-17)26-2;/h4-10,13,20,25H,3,11-12,14-15H2,1-2H3,(H,22,23);1H. The fourth-order valence-electron chi connectivity index (χ4n) is 3.23. The summed E-state index contributed by atoms with van der Waals surface area (Å²) in [5.41, 5.74) is 3.57. The Bertz CT molecular complexity index is 767. The van der Waals surface area contributed by atoms with Gasteiger partial charge in [0.2, 0.25) is 0 Å². The molecule has 2 N–H and O–H groups in total. The van der Waals surface area contributed by atoms with E-state index in [-0.39, 0.29) is 24.0 Å². The molecule has 5 nitrogen and oxygen atoms in total. The number of rotatable bonds is 5. The third-order valence-electron chi connectivity index (χ3n) is 4.66. The molecule has 1 atom stereocenters. The van der Waals surface area contributed by atoms with Gasteiger partial charge in [0.15, 0.2) is 5.96 Å². The van der Waals surface area contributed by atoms with Crippen LogP contribution in [0, 0.1) is 0 Å². The molecule has 0 spiro atoms. The number of methoxy groups -OCH3 is 1. The summed E-state index contributed by atoms with van der Waals surface area (Å²) >= 11 is 0. The molecule has 0 aliphatic carbocycles. The van der Waals surface area contributed by atoms with Crippen LogP contribution >= 0.6 is 24.0 Å². The van der Waals surface area contributed by atoms with Gasteiger partial charge in [-0.25, -0.2) is 0 Å². The largest absolute Gasteiger partial charge is 0.497 e. The Balaban J connectivity index is 0.00000261. The highest BCUT2D eigenvalue weighted by Gasteiger charge is 2.19. The molecular formula is C21H28IN3O2. The lowest BCUT2D eigenvalue weighted by molar-refractivity contribution is 0.186. The van der Waals surface area contributed by atoms with E-state index in [1.807, 2.05) is 24.3 Å². The third-order valence-corrected chi connectivity index (χ3v) is 4.66. The van der Waals surface area contributed by atoms with E-state index in [1.54, 1.807) is 7.11 Å². The third kappa shape index (κ3) is 5.59. The van der Waals surface area contributed by atoms with Crippen LogP contribution in [0.15, 0.2) is 53.5 Å². The van der Waals surface area contributed by atoms with Gasteiger partial charge in [-0.3, -0.25) is 4.99 Å². The highest BCUT2D eigenvalue weighted by atomic mass is 127. The zero-order valence-corrected chi connectivity index (χ0v) is 18.2. The Kier molecular flexibility index (Phi) is 8.37. The van der Waals surface area contributed by atoms with E-state index in [2.05, 4.69) is 46.4 Å². The lowest BCUT2D eigenvalue weighted by Crippen LogP contribution is -2.44. The number of hydrogen-bond acceptors (Lipinski definition) is 3. The fourth-order valence-corrected chi connectivity index (χ4v) is 3.23. The van der Waals surface area contributed by atoms with E-state index < -0.39 is 6.10 Å². The number of guanidine groups is 1. The number of nitrogens with one attached hydrogen (secondary N) is 1. The van der Waals surface area contributed by atoms with Crippen molar-refractivity contribution >= 4 is 29.9 Å². The SMILES string of the molecule is CCNC(=NCC(O)c1cccc(OC)c1)N1CCc2ccccc2C1.I. The number of fused-ring (bicyclic) bond motifs is 1. The van der Waals surface area contributed by atoms with Crippen molar-refractivity contribution in [2.75, 3.05) is 26.7 Å². The molecule has 0 fully saturated rings. The van der Waals surface area contributed by atoms with E-state index in [9.17, 15) is 5.11 Å². The van der Waals surface area contributed by atoms with Gasteiger partial charge in [0.1, 0.15) is 5.75 Å². The molecule has 1 aliphatic rings. The second-order valence-corrected chi connectivity index (χ2v) is 6.43. The molecular weight excluding hydrogens is 453 g/mol. The highest BCUT2D eigenvalue weighted by Crippen LogP contribution is 2.21. The maximum absolute atomic E-state index is 10.5. The van der Waals surface area contributed by atoms with Crippen LogP contribution in [0.5, 0.6) is 5.75 Å². The summed E-state index contributed by atoms with van der Waals surface area (Å²) in [6.45, 7) is 4.95. The molecule has 1 unspecified atom stereocenters. The molecule has 2 aromatic carbocycles. The molecule has 0 aromatic heterocycles. The zero-order chi connectivity index (χ0) is 18.4. The smallest absolute Gasteiger partial charge is 0.194 e. The quantitative estimate of drug-likeness (QED) is 0.391. The molecule has 27 heavy (non-hydrogen) atoms. The van der Waals surface area contributed by atoms with Gasteiger partial charge in [0.05, 0.1) is 19.8 Å². The molecule has 3 rings (SSSR count). The number of aliphatic hydroxyl groups excluding tert-OH is 1. The number of aliphatic hydroxyl groups is 1. The molecule has 1 heterocycles. The normalized spacial score (nSPS) is 14.8. The monoisotopic (exact) mass is 481 g/mol. The van der Waals surface area contributed by atoms with Gasteiger partial charge in [0.25, 0.3) is 0 Å². The minimum atomic E-state index is -0.657. The van der Waals surface area contributed by atoms with Crippen molar-refractivity contribution in [3.8, 4) is 5.75 Å². The number of aliphatic imine (C=N–C) groups is 1. The van der Waals surface area contributed by atoms with E-state index in [4.69, 9.17) is 4.74 Å². The van der Waals surface area contributed by atoms with Gasteiger partial charge >= 0.3 is 0 Å². The van der Waals surface area contributed by atoms with Gasteiger partial charge in [-0.15, -0.1) is 24.0 Å². The van der Waals surface area contributed by atoms with Crippen molar-refractivity contribution in [2.45, 2.75) is 26.0 Å². The Hall–Kier alpha value is -1.80. The second-order valence-electron chi connectivity index (χ2n) is 6.43. The molecule has 2 aromatic rings. The lowest BCUT2D eigenvalue weighted by Gasteiger charge is -2.31. The summed E-state index contributed by atoms with van der Waals surface area (Å²) in [4.78, 5) is 6.94. The maximum Gasteiger partial charge on any atom is 0.194 e. The van der Waals surface area contributed by atoms with Crippen molar-refractivity contribution < 1.29 is 9.84 Å². The molecule has 0 saturated carbocycles. The average Bonchev–Trinajstić information content (AvgIpc) is 2.70. The minimum Gasteiger partial charge on any atom is -0.497 e. The van der Waals surface area contributed by atoms with Crippen molar-refractivity contribution in [2.24, 2.45) is 4.99 Å². The zero-order valence-electron chi connectivity index (χ0n) is 15.9. The van der Waals surface area contributed by atoms with E-state index in [1.165, 1.54) is 11.1 Å². The molecule has 1 aliphatic heterocycles. The summed E-state index contributed by atoms with van der Waals surface area (Å²) in [5, 5.41) is 13.9. The Morgan fingerprint density at radius 1 is 1.22 bits per heavy atom. The van der Waals surface area contributed by atoms with Crippen LogP contribution < -0.4 is 10.1 Å². The summed E-state index contributed by atoms with van der Waals surface area (Å²) in [7, 11) is 1.63. The van der Waals surface area contributed by atoms with Crippen LogP contribution in [-0.2, 0) is 13.0 Å². The summed E-state index contributed by atoms with van der Waals surface area (Å²) < 4.78 is 5.23. The fraction of sp³-hybridized carbons (Fsp3) is 0.381. The van der Waals surface area contributed by atoms with Crippen LogP contribution in [0.1, 0.15) is 29.7 Å². The molecule has 6 heteroatoms. The van der Waals surface area contributed by atoms with Gasteiger partial charge in [-0.1, -0.05) is 36.4 Å². The van der Waals surface area contributed by atoms with Gasteiger partial charge in [-0.05, 0) is 42.2 Å². The number of hydrogen-bond donors (Lipinski definition) is 2. The predicted molar refractivity (Wildman–Crippen MR) is 120 cm³/mol. The van der Waals surface area contributed by atoms with E-state index in [0.717, 1.165) is 43.3 Å². The number of halogens is 1. The van der Waals surface area contributed by atoms with Gasteiger partial charge < -0.3 is 20.1 Å². The summed E-state index contributed by atoms with van der Waals surface area (Å²) in [6, 6.07) is 16.1. The number of nitrogens with zero attached hydrogens (tertiary/aromatic N) is 2. The summed E-state index contributed by atoms with van der Waals surface area (Å²) in [5.74, 6) is 1.59. The van der Waals surface area contributed by atoms with Crippen LogP contribution in [0.3, 0.4) is 0 Å². The van der Waals surface area contributed by atoms with E-state index in [0.29, 0.717) is 6.54 Å². The minimum absolute atomic E-state index is 0. The van der Waals surface area contributed by atoms with Crippen molar-refractivity contribution in [1.82, 2.24) is 10.2 Å². The van der Waals surface area contributed by atoms with Crippen molar-refractivity contribution in [1.29, 1.82) is 0 Å². The predicted octanol–water partition coefficient (Wildman–Crippen LogP) is 3.37. The number of ether oxygens (including phenoxy) is 1. The molecule has 0 amide bonds. The Morgan fingerprint density at radius 3 is 2.74 bits per heavy atom. The van der Waals surface area contributed by atoms with E-state index >= 15 is 0 Å². The molecule has 0 radical (unpaired) electrons. The number of benzene rings is 2. The first-order valence-corrected chi connectivity index (χ1v) is 9.13. The maximum atomic E-state index is 10.5. The lowest BCUT2D eigenvalue weighted by atomic mass is 10.0. The molecule has 0 saturated heterocycles. The highest BCUT2D eigenvalue weighted by molar-refractivity contribution is 14.0. The second kappa shape index (κ2) is 10.5. The first kappa shape index (κ1) is 21.5. The van der Waals surface area contributed by atoms with Crippen LogP contribution in [0.25, 0.3) is 0 Å². The Morgan fingerprint density at radius 2 is 2.00 bits per heavy atom. The van der Waals surface area contributed by atoms with Gasteiger partial charge in [0, 0.05) is 19.6 Å². The average molecular weight is 481 g/mol. The van der Waals surface area contributed by atoms with Crippen LogP contribution in [0.2, 0.25) is 0 Å². The van der Waals surface area contributed by atoms with Crippen LogP contribution in [-0.4, -0.2) is 42.7 Å². The van der Waals surface area contributed by atoms with Crippen molar-refractivity contribution in [3.63, 3.8) is 0 Å². The summed E-state index contributed by atoms with van der Waals surface area (Å²) in [6.07, 6.45) is 0.356. The van der Waals surface area contributed by atoms with Crippen molar-refractivity contribution in [3.05, 3.63) is 65.2 Å².